The highest BCUT2D eigenvalue weighted by Gasteiger charge is 2.25. The molecule has 0 bridgehead atoms. The molecular weight excluding hydrogens is 492 g/mol. The van der Waals surface area contributed by atoms with E-state index in [1.807, 2.05) is 26.8 Å². The summed E-state index contributed by atoms with van der Waals surface area (Å²) < 4.78 is 11.4. The molecule has 1 rings (SSSR count). The smallest absolute Gasteiger partial charge is 0.408 e. The van der Waals surface area contributed by atoms with Crippen molar-refractivity contribution in [3.63, 3.8) is 0 Å². The van der Waals surface area contributed by atoms with Crippen LogP contribution in [-0.2, 0) is 19.1 Å². The molecule has 0 unspecified atom stereocenters. The number of hydrogen-bond acceptors (Lipinski definition) is 6. The molecule has 0 aromatic heterocycles. The van der Waals surface area contributed by atoms with Crippen LogP contribution in [0.25, 0.3) is 0 Å². The van der Waals surface area contributed by atoms with E-state index in [-0.39, 0.29) is 25.3 Å². The number of halogens is 1. The molecule has 10 heteroatoms. The minimum absolute atomic E-state index is 0.0297. The predicted octanol–water partition coefficient (Wildman–Crippen LogP) is 3.08. The van der Waals surface area contributed by atoms with Gasteiger partial charge in [0.2, 0.25) is 11.8 Å². The fraction of sp³-hybridized carbons (Fsp3) is 0.609. The number of benzene rings is 1. The van der Waals surface area contributed by atoms with Crippen molar-refractivity contribution in [3.8, 4) is 0 Å². The number of rotatable bonds is 11. The summed E-state index contributed by atoms with van der Waals surface area (Å²) in [6, 6.07) is 1.05. The van der Waals surface area contributed by atoms with Crippen molar-refractivity contribution < 1.29 is 23.9 Å². The van der Waals surface area contributed by atoms with Crippen molar-refractivity contribution in [1.29, 1.82) is 0 Å². The summed E-state index contributed by atoms with van der Waals surface area (Å²) in [5, 5.41) is 8.19. The fourth-order valence-corrected chi connectivity index (χ4v) is 3.42. The van der Waals surface area contributed by atoms with Gasteiger partial charge >= 0.3 is 6.09 Å². The van der Waals surface area contributed by atoms with Gasteiger partial charge in [-0.05, 0) is 64.7 Å². The lowest BCUT2D eigenvalue weighted by Crippen LogP contribution is -2.49. The molecule has 0 aliphatic rings. The summed E-state index contributed by atoms with van der Waals surface area (Å²) in [5.41, 5.74) is 8.34. The summed E-state index contributed by atoms with van der Waals surface area (Å²) >= 11 is 3.54. The van der Waals surface area contributed by atoms with Gasteiger partial charge in [0, 0.05) is 29.7 Å². The average Bonchev–Trinajstić information content (AvgIpc) is 2.71. The van der Waals surface area contributed by atoms with Crippen LogP contribution in [0, 0.1) is 20.8 Å². The lowest BCUT2D eigenvalue weighted by molar-refractivity contribution is -0.123. The van der Waals surface area contributed by atoms with E-state index in [1.165, 1.54) is 0 Å². The quantitative estimate of drug-likeness (QED) is 0.326. The highest BCUT2D eigenvalue weighted by molar-refractivity contribution is 9.10. The second kappa shape index (κ2) is 13.5. The largest absolute Gasteiger partial charge is 0.444 e. The van der Waals surface area contributed by atoms with Gasteiger partial charge in [-0.2, -0.15) is 0 Å². The lowest BCUT2D eigenvalue weighted by atomic mass is 10.0. The normalized spacial score (nSPS) is 12.1. The summed E-state index contributed by atoms with van der Waals surface area (Å²) in [5.74, 6) is -0.678. The van der Waals surface area contributed by atoms with Crippen LogP contribution in [0.5, 0.6) is 0 Å². The SMILES string of the molecule is Cc1cc(C)c(NC(=O)CC[C@H](NC(=O)OC(C)(C)C)C(=O)NCCOCCN)c(C)c1Br. The topological polar surface area (TPSA) is 132 Å². The number of carbonyl (C=O) groups is 3. The molecule has 3 amide bonds. The van der Waals surface area contributed by atoms with Gasteiger partial charge in [-0.1, -0.05) is 22.0 Å². The van der Waals surface area contributed by atoms with E-state index in [0.717, 1.165) is 26.9 Å². The van der Waals surface area contributed by atoms with Gasteiger partial charge in [0.25, 0.3) is 0 Å². The second-order valence-electron chi connectivity index (χ2n) is 8.80. The molecule has 0 fully saturated rings. The summed E-state index contributed by atoms with van der Waals surface area (Å²) in [6.07, 6.45) is -0.593. The van der Waals surface area contributed by atoms with Crippen LogP contribution in [0.4, 0.5) is 10.5 Å². The molecule has 0 radical (unpaired) electrons. The Hall–Kier alpha value is -2.17. The number of aryl methyl sites for hydroxylation is 2. The Labute approximate surface area is 204 Å². The van der Waals surface area contributed by atoms with Crippen LogP contribution in [0.3, 0.4) is 0 Å². The molecule has 0 saturated heterocycles. The Bertz CT molecular complexity index is 839. The predicted molar refractivity (Wildman–Crippen MR) is 132 cm³/mol. The molecule has 0 aliphatic heterocycles. The summed E-state index contributed by atoms with van der Waals surface area (Å²) in [4.78, 5) is 37.5. The first kappa shape index (κ1) is 28.9. The highest BCUT2D eigenvalue weighted by atomic mass is 79.9. The van der Waals surface area contributed by atoms with E-state index in [0.29, 0.717) is 19.8 Å². The van der Waals surface area contributed by atoms with Crippen molar-refractivity contribution in [1.82, 2.24) is 10.6 Å². The fourth-order valence-electron chi connectivity index (χ4n) is 3.10. The molecule has 0 spiro atoms. The zero-order chi connectivity index (χ0) is 25.2. The second-order valence-corrected chi connectivity index (χ2v) is 9.60. The first-order chi connectivity index (χ1) is 15.4. The third kappa shape index (κ3) is 10.5. The zero-order valence-corrected chi connectivity index (χ0v) is 22.0. The van der Waals surface area contributed by atoms with Crippen molar-refractivity contribution in [2.75, 3.05) is 31.6 Å². The van der Waals surface area contributed by atoms with E-state index in [1.54, 1.807) is 20.8 Å². The number of alkyl carbamates (subject to hydrolysis) is 1. The minimum Gasteiger partial charge on any atom is -0.444 e. The number of hydrogen-bond donors (Lipinski definition) is 4. The highest BCUT2D eigenvalue weighted by Crippen LogP contribution is 2.30. The van der Waals surface area contributed by atoms with Gasteiger partial charge in [-0.25, -0.2) is 4.79 Å². The van der Waals surface area contributed by atoms with Gasteiger partial charge in [-0.3, -0.25) is 9.59 Å². The Morgan fingerprint density at radius 3 is 2.39 bits per heavy atom. The van der Waals surface area contributed by atoms with Crippen LogP contribution in [0.15, 0.2) is 10.5 Å². The number of amides is 3. The number of ether oxygens (including phenoxy) is 2. The van der Waals surface area contributed by atoms with Crippen molar-refractivity contribution in [2.24, 2.45) is 5.73 Å². The standard InChI is InChI=1S/C23H37BrN4O5/c1-14-13-15(2)20(16(3)19(14)24)28-18(29)8-7-17(27-22(31)33-23(4,5)6)21(30)26-10-12-32-11-9-25/h13,17H,7-12,25H2,1-6H3,(H,26,30)(H,27,31)(H,28,29)/t17-/m0/s1. The van der Waals surface area contributed by atoms with Crippen LogP contribution in [-0.4, -0.2) is 55.9 Å². The lowest BCUT2D eigenvalue weighted by Gasteiger charge is -2.23. The van der Waals surface area contributed by atoms with Gasteiger partial charge in [0.05, 0.1) is 13.2 Å². The summed E-state index contributed by atoms with van der Waals surface area (Å²) in [6.45, 7) is 12.4. The maximum absolute atomic E-state index is 12.7. The Balaban J connectivity index is 2.79. The van der Waals surface area contributed by atoms with Gasteiger partial charge in [0.15, 0.2) is 0 Å². The zero-order valence-electron chi connectivity index (χ0n) is 20.4. The van der Waals surface area contributed by atoms with E-state index < -0.39 is 23.6 Å². The molecule has 0 heterocycles. The molecule has 1 aromatic rings. The van der Waals surface area contributed by atoms with Crippen molar-refractivity contribution >= 4 is 39.5 Å². The first-order valence-corrected chi connectivity index (χ1v) is 11.8. The maximum atomic E-state index is 12.7. The molecule has 0 aliphatic carbocycles. The van der Waals surface area contributed by atoms with Crippen LogP contribution >= 0.6 is 15.9 Å². The van der Waals surface area contributed by atoms with Crippen LogP contribution in [0.2, 0.25) is 0 Å². The average molecular weight is 529 g/mol. The maximum Gasteiger partial charge on any atom is 0.408 e. The van der Waals surface area contributed by atoms with Gasteiger partial charge in [0.1, 0.15) is 11.6 Å². The van der Waals surface area contributed by atoms with Gasteiger partial charge in [-0.15, -0.1) is 0 Å². The molecule has 0 saturated carbocycles. The summed E-state index contributed by atoms with van der Waals surface area (Å²) in [7, 11) is 0. The van der Waals surface area contributed by atoms with Crippen molar-refractivity contribution in [3.05, 3.63) is 27.2 Å². The van der Waals surface area contributed by atoms with E-state index in [2.05, 4.69) is 31.9 Å². The molecule has 1 atom stereocenters. The number of nitrogens with one attached hydrogen (secondary N) is 3. The van der Waals surface area contributed by atoms with Crippen molar-refractivity contribution in [2.45, 2.75) is 66.0 Å². The Kier molecular flexibility index (Phi) is 11.8. The molecule has 5 N–H and O–H groups in total. The molecule has 1 aromatic carbocycles. The monoisotopic (exact) mass is 528 g/mol. The number of carbonyl (C=O) groups excluding carboxylic acids is 3. The van der Waals surface area contributed by atoms with Crippen LogP contribution < -0.4 is 21.7 Å². The molecule has 33 heavy (non-hydrogen) atoms. The van der Waals surface area contributed by atoms with E-state index >= 15 is 0 Å². The number of anilines is 1. The van der Waals surface area contributed by atoms with E-state index in [4.69, 9.17) is 15.2 Å². The molecule has 186 valence electrons. The van der Waals surface area contributed by atoms with E-state index in [9.17, 15) is 14.4 Å². The minimum atomic E-state index is -0.938. The molecule has 9 nitrogen and oxygen atoms in total. The van der Waals surface area contributed by atoms with Crippen LogP contribution in [0.1, 0.15) is 50.3 Å². The Morgan fingerprint density at radius 2 is 1.79 bits per heavy atom. The first-order valence-electron chi connectivity index (χ1n) is 11.0. The third-order valence-electron chi connectivity index (χ3n) is 4.62. The third-order valence-corrected chi connectivity index (χ3v) is 5.84. The molecular formula is C23H37BrN4O5. The number of nitrogens with two attached hydrogens (primary N) is 1. The van der Waals surface area contributed by atoms with Gasteiger partial charge < -0.3 is 31.2 Å². The Morgan fingerprint density at radius 1 is 1.12 bits per heavy atom.